The Morgan fingerprint density at radius 3 is 2.43 bits per heavy atom. The number of carbonyl (C=O) groups excluding carboxylic acids is 1. The monoisotopic (exact) mass is 334 g/mol. The van der Waals surface area contributed by atoms with Gasteiger partial charge in [-0.3, -0.25) is 4.79 Å². The van der Waals surface area contributed by atoms with Gasteiger partial charge >= 0.3 is 0 Å². The van der Waals surface area contributed by atoms with Crippen molar-refractivity contribution in [3.05, 3.63) is 59.2 Å². The largest absolute Gasteiger partial charge is 0.494 e. The van der Waals surface area contributed by atoms with E-state index in [9.17, 15) is 4.79 Å². The fourth-order valence-electron chi connectivity index (χ4n) is 2.28. The highest BCUT2D eigenvalue weighted by molar-refractivity contribution is 5.96. The molecule has 0 heterocycles. The number of ether oxygens (including phenoxy) is 1. The molecule has 0 aliphatic carbocycles. The van der Waals surface area contributed by atoms with Crippen molar-refractivity contribution in [3.63, 3.8) is 0 Å². The Morgan fingerprint density at radius 2 is 1.83 bits per heavy atom. The number of rotatable bonds is 5. The molecule has 0 aromatic heterocycles. The molecule has 0 saturated carbocycles. The van der Waals surface area contributed by atoms with Crippen LogP contribution >= 0.6 is 12.4 Å². The fraction of sp³-hybridized carbons (Fsp3) is 0.278. The second-order valence-electron chi connectivity index (χ2n) is 5.31. The van der Waals surface area contributed by atoms with Gasteiger partial charge in [-0.15, -0.1) is 12.4 Å². The number of hydrogen-bond donors (Lipinski definition) is 1. The van der Waals surface area contributed by atoms with Crippen molar-refractivity contribution >= 4 is 24.0 Å². The van der Waals surface area contributed by atoms with Gasteiger partial charge in [0.2, 0.25) is 0 Å². The maximum absolute atomic E-state index is 12.5. The number of nitrogens with two attached hydrogens (primary N) is 1. The van der Waals surface area contributed by atoms with E-state index in [2.05, 4.69) is 0 Å². The first-order chi connectivity index (χ1) is 10.5. The average Bonchev–Trinajstić information content (AvgIpc) is 2.51. The highest BCUT2D eigenvalue weighted by atomic mass is 35.5. The molecule has 0 radical (unpaired) electrons. The van der Waals surface area contributed by atoms with Crippen molar-refractivity contribution in [1.82, 2.24) is 4.90 Å². The van der Waals surface area contributed by atoms with E-state index >= 15 is 0 Å². The van der Waals surface area contributed by atoms with Gasteiger partial charge in [-0.25, -0.2) is 0 Å². The first-order valence-electron chi connectivity index (χ1n) is 7.34. The minimum absolute atomic E-state index is 0. The van der Waals surface area contributed by atoms with E-state index in [4.69, 9.17) is 10.5 Å². The molecule has 2 N–H and O–H groups in total. The lowest BCUT2D eigenvalue weighted by molar-refractivity contribution is 0.0784. The summed E-state index contributed by atoms with van der Waals surface area (Å²) in [5.41, 5.74) is 9.01. The predicted octanol–water partition coefficient (Wildman–Crippen LogP) is 3.67. The lowest BCUT2D eigenvalue weighted by Crippen LogP contribution is -2.27. The number of carbonyl (C=O) groups is 1. The van der Waals surface area contributed by atoms with Crippen LogP contribution in [0.25, 0.3) is 0 Å². The van der Waals surface area contributed by atoms with Crippen LogP contribution in [-0.2, 0) is 6.54 Å². The molecule has 4 nitrogen and oxygen atoms in total. The number of nitrogen functional groups attached to an aromatic ring is 1. The number of amides is 1. The molecule has 0 saturated heterocycles. The Hall–Kier alpha value is -2.20. The van der Waals surface area contributed by atoms with Gasteiger partial charge in [0.15, 0.2) is 0 Å². The zero-order valence-electron chi connectivity index (χ0n) is 13.7. The van der Waals surface area contributed by atoms with Crippen molar-refractivity contribution < 1.29 is 9.53 Å². The van der Waals surface area contributed by atoms with Crippen molar-refractivity contribution in [2.45, 2.75) is 20.4 Å². The minimum Gasteiger partial charge on any atom is -0.494 e. The Morgan fingerprint density at radius 1 is 1.17 bits per heavy atom. The molecular formula is C18H23ClN2O2. The van der Waals surface area contributed by atoms with E-state index in [0.717, 1.165) is 16.9 Å². The second kappa shape index (κ2) is 8.44. The third-order valence-electron chi connectivity index (χ3n) is 3.49. The minimum atomic E-state index is -0.0290. The van der Waals surface area contributed by atoms with Crippen LogP contribution in [0.4, 0.5) is 5.69 Å². The molecule has 2 rings (SSSR count). The normalized spacial score (nSPS) is 9.87. The first kappa shape index (κ1) is 18.8. The van der Waals surface area contributed by atoms with Crippen molar-refractivity contribution in [2.24, 2.45) is 0 Å². The van der Waals surface area contributed by atoms with E-state index in [1.807, 2.05) is 44.2 Å². The van der Waals surface area contributed by atoms with Crippen LogP contribution < -0.4 is 10.5 Å². The maximum Gasteiger partial charge on any atom is 0.254 e. The highest BCUT2D eigenvalue weighted by Crippen LogP contribution is 2.17. The quantitative estimate of drug-likeness (QED) is 0.849. The summed E-state index contributed by atoms with van der Waals surface area (Å²) in [4.78, 5) is 14.2. The summed E-state index contributed by atoms with van der Waals surface area (Å²) >= 11 is 0. The van der Waals surface area contributed by atoms with E-state index in [1.165, 1.54) is 0 Å². The van der Waals surface area contributed by atoms with Gasteiger partial charge in [-0.05, 0) is 49.2 Å². The van der Waals surface area contributed by atoms with Crippen LogP contribution in [0.1, 0.15) is 28.4 Å². The Balaban J connectivity index is 0.00000264. The molecule has 0 aliphatic rings. The van der Waals surface area contributed by atoms with Crippen LogP contribution in [0.5, 0.6) is 5.75 Å². The molecule has 0 aliphatic heterocycles. The van der Waals surface area contributed by atoms with Gasteiger partial charge in [0.05, 0.1) is 6.61 Å². The van der Waals surface area contributed by atoms with Crippen LogP contribution in [0, 0.1) is 6.92 Å². The molecule has 124 valence electrons. The molecule has 0 atom stereocenters. The molecule has 2 aromatic rings. The summed E-state index contributed by atoms with van der Waals surface area (Å²) in [7, 11) is 1.79. The summed E-state index contributed by atoms with van der Waals surface area (Å²) in [6.07, 6.45) is 0. The Kier molecular flexibility index (Phi) is 6.91. The average molecular weight is 335 g/mol. The van der Waals surface area contributed by atoms with E-state index in [0.29, 0.717) is 24.4 Å². The maximum atomic E-state index is 12.5. The van der Waals surface area contributed by atoms with Gasteiger partial charge in [0.1, 0.15) is 5.75 Å². The lowest BCUT2D eigenvalue weighted by atomic mass is 10.1. The number of anilines is 1. The molecule has 0 unspecified atom stereocenters. The summed E-state index contributed by atoms with van der Waals surface area (Å²) < 4.78 is 5.42. The third kappa shape index (κ3) is 4.89. The van der Waals surface area contributed by atoms with Gasteiger partial charge < -0.3 is 15.4 Å². The first-order valence-corrected chi connectivity index (χ1v) is 7.34. The van der Waals surface area contributed by atoms with Gasteiger partial charge in [-0.1, -0.05) is 18.2 Å². The van der Waals surface area contributed by atoms with Crippen LogP contribution in [0.2, 0.25) is 0 Å². The van der Waals surface area contributed by atoms with Gasteiger partial charge in [0.25, 0.3) is 5.91 Å². The number of benzene rings is 2. The molecule has 2 aromatic carbocycles. The van der Waals surface area contributed by atoms with Crippen LogP contribution in [0.3, 0.4) is 0 Å². The number of halogens is 1. The summed E-state index contributed by atoms with van der Waals surface area (Å²) in [6, 6.07) is 13.2. The predicted molar refractivity (Wildman–Crippen MR) is 96.2 cm³/mol. The second-order valence-corrected chi connectivity index (χ2v) is 5.31. The van der Waals surface area contributed by atoms with Gasteiger partial charge in [0, 0.05) is 24.8 Å². The number of hydrogen-bond acceptors (Lipinski definition) is 3. The number of nitrogens with zero attached hydrogens (tertiary/aromatic N) is 1. The summed E-state index contributed by atoms with van der Waals surface area (Å²) in [5.74, 6) is 0.811. The number of aryl methyl sites for hydroxylation is 1. The Bertz CT molecular complexity index is 657. The molecular weight excluding hydrogens is 312 g/mol. The fourth-order valence-corrected chi connectivity index (χ4v) is 2.28. The summed E-state index contributed by atoms with van der Waals surface area (Å²) in [6.45, 7) is 5.05. The van der Waals surface area contributed by atoms with E-state index in [-0.39, 0.29) is 18.3 Å². The van der Waals surface area contributed by atoms with Crippen molar-refractivity contribution in [1.29, 1.82) is 0 Å². The third-order valence-corrected chi connectivity index (χ3v) is 3.49. The topological polar surface area (TPSA) is 55.6 Å². The highest BCUT2D eigenvalue weighted by Gasteiger charge is 2.14. The van der Waals surface area contributed by atoms with Crippen LogP contribution in [-0.4, -0.2) is 24.5 Å². The van der Waals surface area contributed by atoms with E-state index in [1.54, 1.807) is 24.1 Å². The molecule has 1 amide bonds. The SMILES string of the molecule is CCOc1ccc(CN(C)C(=O)c2cc(N)ccc2C)cc1.Cl. The zero-order valence-corrected chi connectivity index (χ0v) is 14.5. The lowest BCUT2D eigenvalue weighted by Gasteiger charge is -2.19. The standard InChI is InChI=1S/C18H22N2O2.ClH/c1-4-22-16-9-6-14(7-10-16)12-20(3)18(21)17-11-15(19)8-5-13(17)2;/h5-11H,4,12,19H2,1-3H3;1H. The smallest absolute Gasteiger partial charge is 0.254 e. The Labute approximate surface area is 143 Å². The van der Waals surface area contributed by atoms with Gasteiger partial charge in [-0.2, -0.15) is 0 Å². The molecule has 5 heteroatoms. The molecule has 0 spiro atoms. The summed E-state index contributed by atoms with van der Waals surface area (Å²) in [5, 5.41) is 0. The van der Waals surface area contributed by atoms with Crippen molar-refractivity contribution in [3.8, 4) is 5.75 Å². The molecule has 23 heavy (non-hydrogen) atoms. The van der Waals surface area contributed by atoms with Crippen LogP contribution in [0.15, 0.2) is 42.5 Å². The molecule has 0 bridgehead atoms. The van der Waals surface area contributed by atoms with E-state index < -0.39 is 0 Å². The zero-order chi connectivity index (χ0) is 16.1. The molecule has 0 fully saturated rings. The van der Waals surface area contributed by atoms with Crippen molar-refractivity contribution in [2.75, 3.05) is 19.4 Å².